The van der Waals surface area contributed by atoms with Gasteiger partial charge in [-0.2, -0.15) is 15.0 Å². The Labute approximate surface area is 78.5 Å². The lowest BCUT2D eigenvalue weighted by molar-refractivity contribution is 0.292. The molecule has 0 bridgehead atoms. The van der Waals surface area contributed by atoms with E-state index in [2.05, 4.69) is 16.1 Å². The molecule has 0 spiro atoms. The van der Waals surface area contributed by atoms with Crippen molar-refractivity contribution in [1.82, 2.24) is 19.9 Å². The fraction of sp³-hybridized carbons (Fsp3) is 0.556. The number of rotatable bonds is 3. The van der Waals surface area contributed by atoms with Crippen LogP contribution in [0.5, 0.6) is 0 Å². The lowest BCUT2D eigenvalue weighted by Gasteiger charge is -2.18. The zero-order valence-electron chi connectivity index (χ0n) is 8.23. The number of aryl methyl sites for hydroxylation is 1. The molecule has 4 nitrogen and oxygen atoms in total. The van der Waals surface area contributed by atoms with Crippen LogP contribution in [0, 0.1) is 12.3 Å². The highest BCUT2D eigenvalue weighted by molar-refractivity contribution is 4.99. The van der Waals surface area contributed by atoms with Crippen LogP contribution in [-0.4, -0.2) is 33.0 Å². The first-order valence-corrected chi connectivity index (χ1v) is 4.15. The van der Waals surface area contributed by atoms with Crippen LogP contribution in [0.1, 0.15) is 12.6 Å². The fourth-order valence-corrected chi connectivity index (χ4v) is 0.980. The fourth-order valence-electron chi connectivity index (χ4n) is 0.980. The van der Waals surface area contributed by atoms with Gasteiger partial charge in [0, 0.05) is 13.6 Å². The summed E-state index contributed by atoms with van der Waals surface area (Å²) >= 11 is 0. The molecule has 1 aromatic rings. The number of hydrogen-bond acceptors (Lipinski definition) is 3. The van der Waals surface area contributed by atoms with Gasteiger partial charge in [0.15, 0.2) is 0 Å². The maximum absolute atomic E-state index is 5.30. The highest BCUT2D eigenvalue weighted by Crippen LogP contribution is 2.00. The van der Waals surface area contributed by atoms with Crippen molar-refractivity contribution in [2.45, 2.75) is 19.5 Å². The average Bonchev–Trinajstić information content (AvgIpc) is 2.49. The van der Waals surface area contributed by atoms with Crippen molar-refractivity contribution in [3.05, 3.63) is 11.9 Å². The van der Waals surface area contributed by atoms with E-state index in [0.29, 0.717) is 0 Å². The number of hydrogen-bond donors (Lipinski definition) is 0. The summed E-state index contributed by atoms with van der Waals surface area (Å²) in [5.74, 6) is 2.66. The molecule has 70 valence electrons. The zero-order valence-corrected chi connectivity index (χ0v) is 8.23. The molecule has 0 aliphatic carbocycles. The predicted molar refractivity (Wildman–Crippen MR) is 50.8 cm³/mol. The minimum Gasteiger partial charge on any atom is -0.287 e. The van der Waals surface area contributed by atoms with E-state index in [0.717, 1.165) is 12.2 Å². The highest BCUT2D eigenvalue weighted by Gasteiger charge is 2.07. The van der Waals surface area contributed by atoms with Crippen LogP contribution in [0.25, 0.3) is 0 Å². The first kappa shape index (κ1) is 9.75. The molecule has 0 fully saturated rings. The van der Waals surface area contributed by atoms with E-state index in [1.54, 1.807) is 18.0 Å². The molecule has 0 saturated heterocycles. The highest BCUT2D eigenvalue weighted by atomic mass is 15.5. The van der Waals surface area contributed by atoms with Gasteiger partial charge in [0.05, 0.1) is 17.9 Å². The van der Waals surface area contributed by atoms with Gasteiger partial charge in [-0.1, -0.05) is 5.92 Å². The van der Waals surface area contributed by atoms with Gasteiger partial charge in [0.1, 0.15) is 0 Å². The number of terminal acetylenes is 1. The zero-order chi connectivity index (χ0) is 9.84. The molecule has 1 heterocycles. The summed E-state index contributed by atoms with van der Waals surface area (Å²) in [5, 5.41) is 8.14. The van der Waals surface area contributed by atoms with Crippen LogP contribution >= 0.6 is 0 Å². The molecule has 0 aromatic carbocycles. The van der Waals surface area contributed by atoms with Crippen LogP contribution in [0.3, 0.4) is 0 Å². The Morgan fingerprint density at radius 3 is 2.92 bits per heavy atom. The molecule has 4 heteroatoms. The van der Waals surface area contributed by atoms with Crippen molar-refractivity contribution in [2.24, 2.45) is 7.05 Å². The lowest BCUT2D eigenvalue weighted by Crippen LogP contribution is -2.27. The molecule has 1 rings (SSSR count). The third-order valence-electron chi connectivity index (χ3n) is 1.96. The van der Waals surface area contributed by atoms with Crippen LogP contribution in [0.15, 0.2) is 6.20 Å². The Hall–Kier alpha value is -1.34. The average molecular weight is 178 g/mol. The normalized spacial score (nSPS) is 12.8. The Balaban J connectivity index is 2.55. The van der Waals surface area contributed by atoms with Crippen LogP contribution in [-0.2, 0) is 13.6 Å². The third-order valence-corrected chi connectivity index (χ3v) is 1.96. The Morgan fingerprint density at radius 2 is 2.46 bits per heavy atom. The molecule has 0 N–H and O–H groups in total. The van der Waals surface area contributed by atoms with Crippen LogP contribution in [0.4, 0.5) is 0 Å². The SMILES string of the molecule is C#CC(C)N(C)Cc1cnn(C)n1. The van der Waals surface area contributed by atoms with Crippen molar-refractivity contribution >= 4 is 0 Å². The second-order valence-corrected chi connectivity index (χ2v) is 3.08. The van der Waals surface area contributed by atoms with Gasteiger partial charge in [0.25, 0.3) is 0 Å². The van der Waals surface area contributed by atoms with E-state index in [1.165, 1.54) is 0 Å². The predicted octanol–water partition coefficient (Wildman–Crippen LogP) is 0.269. The van der Waals surface area contributed by atoms with Crippen molar-refractivity contribution in [1.29, 1.82) is 0 Å². The molecule has 1 aromatic heterocycles. The lowest BCUT2D eigenvalue weighted by atomic mass is 10.3. The second-order valence-electron chi connectivity index (χ2n) is 3.08. The smallest absolute Gasteiger partial charge is 0.0967 e. The van der Waals surface area contributed by atoms with Gasteiger partial charge in [-0.15, -0.1) is 6.42 Å². The van der Waals surface area contributed by atoms with Gasteiger partial charge >= 0.3 is 0 Å². The van der Waals surface area contributed by atoms with E-state index in [-0.39, 0.29) is 6.04 Å². The van der Waals surface area contributed by atoms with Crippen molar-refractivity contribution in [3.8, 4) is 12.3 Å². The minimum atomic E-state index is 0.127. The molecule has 0 saturated carbocycles. The Bertz CT molecular complexity index is 310. The summed E-state index contributed by atoms with van der Waals surface area (Å²) in [4.78, 5) is 3.59. The number of nitrogens with zero attached hydrogens (tertiary/aromatic N) is 4. The first-order chi connectivity index (χ1) is 6.13. The summed E-state index contributed by atoms with van der Waals surface area (Å²) in [6.07, 6.45) is 7.05. The first-order valence-electron chi connectivity index (χ1n) is 4.15. The molecule has 13 heavy (non-hydrogen) atoms. The van der Waals surface area contributed by atoms with Gasteiger partial charge in [0.2, 0.25) is 0 Å². The summed E-state index contributed by atoms with van der Waals surface area (Å²) in [7, 11) is 3.77. The van der Waals surface area contributed by atoms with Crippen molar-refractivity contribution in [2.75, 3.05) is 7.05 Å². The standard InChI is InChI=1S/C9H14N4/c1-5-8(2)12(3)7-9-6-10-13(4)11-9/h1,6,8H,7H2,2-4H3. The van der Waals surface area contributed by atoms with Gasteiger partial charge in [-0.25, -0.2) is 0 Å². The summed E-state index contributed by atoms with van der Waals surface area (Å²) in [5.41, 5.74) is 0.937. The van der Waals surface area contributed by atoms with E-state index < -0.39 is 0 Å². The van der Waals surface area contributed by atoms with E-state index in [4.69, 9.17) is 6.42 Å². The number of aromatic nitrogens is 3. The Morgan fingerprint density at radius 1 is 1.77 bits per heavy atom. The Kier molecular flexibility index (Phi) is 3.04. The van der Waals surface area contributed by atoms with E-state index in [9.17, 15) is 0 Å². The quantitative estimate of drug-likeness (QED) is 0.623. The summed E-state index contributed by atoms with van der Waals surface area (Å²) < 4.78 is 0. The van der Waals surface area contributed by atoms with Gasteiger partial charge in [-0.05, 0) is 14.0 Å². The summed E-state index contributed by atoms with van der Waals surface area (Å²) in [6, 6.07) is 0.127. The molecule has 0 aliphatic heterocycles. The molecular weight excluding hydrogens is 164 g/mol. The minimum absolute atomic E-state index is 0.127. The van der Waals surface area contributed by atoms with E-state index in [1.807, 2.05) is 18.9 Å². The molecule has 0 aliphatic rings. The molecule has 0 radical (unpaired) electrons. The monoisotopic (exact) mass is 178 g/mol. The van der Waals surface area contributed by atoms with Crippen molar-refractivity contribution < 1.29 is 0 Å². The van der Waals surface area contributed by atoms with Gasteiger partial charge in [-0.3, -0.25) is 4.90 Å². The largest absolute Gasteiger partial charge is 0.287 e. The van der Waals surface area contributed by atoms with Crippen LogP contribution < -0.4 is 0 Å². The summed E-state index contributed by atoms with van der Waals surface area (Å²) in [6.45, 7) is 2.72. The maximum Gasteiger partial charge on any atom is 0.0967 e. The van der Waals surface area contributed by atoms with Gasteiger partial charge < -0.3 is 0 Å². The van der Waals surface area contributed by atoms with E-state index >= 15 is 0 Å². The molecule has 0 amide bonds. The maximum atomic E-state index is 5.30. The molecule has 1 atom stereocenters. The molecular formula is C9H14N4. The van der Waals surface area contributed by atoms with Crippen LogP contribution in [0.2, 0.25) is 0 Å². The third kappa shape index (κ3) is 2.56. The molecule has 1 unspecified atom stereocenters. The topological polar surface area (TPSA) is 34.0 Å². The van der Waals surface area contributed by atoms with Crippen molar-refractivity contribution in [3.63, 3.8) is 0 Å². The second kappa shape index (κ2) is 4.06.